The monoisotopic (exact) mass is 540 g/mol. The normalized spacial score (nSPS) is 27.9. The number of aromatic nitrogens is 3. The number of carbonyl (C=O) groups excluding carboxylic acids is 1. The van der Waals surface area contributed by atoms with E-state index in [2.05, 4.69) is 80.0 Å². The molecule has 3 aromatic heterocycles. The number of carbonyl (C=O) groups is 1. The van der Waals surface area contributed by atoms with Gasteiger partial charge < -0.3 is 30.1 Å². The van der Waals surface area contributed by atoms with Gasteiger partial charge in [0, 0.05) is 62.1 Å². The molecular formula is C33H40N4O3. The Morgan fingerprint density at radius 1 is 0.850 bits per heavy atom. The molecule has 3 aliphatic rings. The lowest BCUT2D eigenvalue weighted by Gasteiger charge is -2.19. The van der Waals surface area contributed by atoms with Crippen LogP contribution in [0.2, 0.25) is 0 Å². The molecule has 40 heavy (non-hydrogen) atoms. The molecule has 4 atom stereocenters. The highest BCUT2D eigenvalue weighted by Crippen LogP contribution is 2.51. The summed E-state index contributed by atoms with van der Waals surface area (Å²) in [6.07, 6.45) is 7.45. The van der Waals surface area contributed by atoms with Gasteiger partial charge in [-0.1, -0.05) is 27.7 Å². The highest BCUT2D eigenvalue weighted by atomic mass is 16.5. The second-order valence-electron chi connectivity index (χ2n) is 11.6. The number of nitrogens with one attached hydrogen (secondary N) is 4. The van der Waals surface area contributed by atoms with Gasteiger partial charge in [-0.05, 0) is 79.7 Å². The van der Waals surface area contributed by atoms with Crippen LogP contribution in [0.15, 0.2) is 11.4 Å². The summed E-state index contributed by atoms with van der Waals surface area (Å²) < 4.78 is 5.22. The van der Waals surface area contributed by atoms with Gasteiger partial charge in [0.05, 0.1) is 18.9 Å². The third kappa shape index (κ3) is 3.63. The number of methoxy groups -OCH3 is 1. The van der Waals surface area contributed by atoms with Crippen molar-refractivity contribution in [3.63, 3.8) is 0 Å². The van der Waals surface area contributed by atoms with Gasteiger partial charge in [-0.25, -0.2) is 0 Å². The molecule has 1 fully saturated rings. The zero-order chi connectivity index (χ0) is 28.6. The Bertz CT molecular complexity index is 1740. The first kappa shape index (κ1) is 26.5. The van der Waals surface area contributed by atoms with Gasteiger partial charge in [0.15, 0.2) is 0 Å². The van der Waals surface area contributed by atoms with Gasteiger partial charge in [-0.2, -0.15) is 0 Å². The molecule has 210 valence electrons. The minimum atomic E-state index is -0.986. The Morgan fingerprint density at radius 2 is 1.52 bits per heavy atom. The Morgan fingerprint density at radius 3 is 2.20 bits per heavy atom. The predicted molar refractivity (Wildman–Crippen MR) is 159 cm³/mol. The van der Waals surface area contributed by atoms with Crippen molar-refractivity contribution in [1.29, 1.82) is 0 Å². The van der Waals surface area contributed by atoms with Crippen LogP contribution in [-0.4, -0.2) is 33.1 Å². The predicted octanol–water partition coefficient (Wildman–Crippen LogP) is 4.16. The maximum atomic E-state index is 13.1. The van der Waals surface area contributed by atoms with Crippen molar-refractivity contribution >= 4 is 29.8 Å². The number of aliphatic hydroxyl groups excluding tert-OH is 1. The van der Waals surface area contributed by atoms with Gasteiger partial charge in [0.1, 0.15) is 5.92 Å². The number of hydrogen-bond acceptors (Lipinski definition) is 4. The fraction of sp³-hybridized carbons (Fsp3) is 0.424. The van der Waals surface area contributed by atoms with Crippen molar-refractivity contribution in [2.75, 3.05) is 7.11 Å². The number of rotatable bonds is 3. The lowest BCUT2D eigenvalue weighted by molar-refractivity contribution is -0.146. The van der Waals surface area contributed by atoms with E-state index in [-0.39, 0.29) is 11.8 Å². The van der Waals surface area contributed by atoms with Crippen LogP contribution < -0.4 is 16.0 Å². The summed E-state index contributed by atoms with van der Waals surface area (Å²) in [5.74, 6) is -0.908. The van der Waals surface area contributed by atoms with Crippen molar-refractivity contribution in [1.82, 2.24) is 20.3 Å². The molecule has 0 aromatic carbocycles. The number of fused-ring (bicyclic) bond motifs is 7. The van der Waals surface area contributed by atoms with E-state index in [9.17, 15) is 9.90 Å². The van der Waals surface area contributed by atoms with Gasteiger partial charge in [-0.15, -0.1) is 0 Å². The number of aliphatic hydroxyl groups is 1. The van der Waals surface area contributed by atoms with Gasteiger partial charge in [0.2, 0.25) is 0 Å². The van der Waals surface area contributed by atoms with Crippen LogP contribution in [-0.2, 0) is 22.4 Å². The fourth-order valence-corrected chi connectivity index (χ4v) is 7.14. The molecule has 7 nitrogen and oxygen atoms in total. The van der Waals surface area contributed by atoms with Crippen LogP contribution in [0.3, 0.4) is 0 Å². The topological polar surface area (TPSA) is 106 Å². The summed E-state index contributed by atoms with van der Waals surface area (Å²) in [5, 5.41) is 17.4. The molecule has 7 heteroatoms. The first-order valence-corrected chi connectivity index (χ1v) is 14.4. The van der Waals surface area contributed by atoms with Crippen molar-refractivity contribution in [3.8, 4) is 0 Å². The molecule has 2 aliphatic heterocycles. The summed E-state index contributed by atoms with van der Waals surface area (Å²) in [6, 6.07) is 0. The van der Waals surface area contributed by atoms with Crippen molar-refractivity contribution in [2.45, 2.75) is 67.4 Å². The largest absolute Gasteiger partial charge is 0.468 e. The molecule has 5 heterocycles. The van der Waals surface area contributed by atoms with Crippen LogP contribution in [0.4, 0.5) is 0 Å². The Hall–Kier alpha value is -3.71. The summed E-state index contributed by atoms with van der Waals surface area (Å²) in [6.45, 7) is 15.2. The molecule has 5 N–H and O–H groups in total. The van der Waals surface area contributed by atoms with E-state index >= 15 is 0 Å². The molecule has 6 rings (SSSR count). The molecule has 0 spiro atoms. The number of H-pyrrole nitrogens is 3. The van der Waals surface area contributed by atoms with E-state index in [1.807, 2.05) is 6.92 Å². The number of hydrogen-bond donors (Lipinski definition) is 5. The van der Waals surface area contributed by atoms with Crippen molar-refractivity contribution < 1.29 is 14.6 Å². The number of esters is 1. The standard InChI is InChI=1S/C33H40N4O3/c1-9-19-16(5)22-11-21-14(3)15(4)30(36-21)28-29(33(39)40-8)32(38)27-18(7)24(37-31(27)28)13-26-20(10-2)17(6)23(35-26)12-25(19)34-22/h11-15,29,32,34-38H,9-10H2,1-8H3/b21-11-,23-12-,26-13-,30-28-/t14-,15-,29+,32+/m0/s1. The van der Waals surface area contributed by atoms with Gasteiger partial charge >= 0.3 is 5.97 Å². The molecule has 3 aromatic rings. The fourth-order valence-electron chi connectivity index (χ4n) is 7.14. The molecule has 0 unspecified atom stereocenters. The van der Waals surface area contributed by atoms with Crippen molar-refractivity contribution in [3.05, 3.63) is 78.2 Å². The van der Waals surface area contributed by atoms with Gasteiger partial charge in [-0.3, -0.25) is 4.79 Å². The maximum absolute atomic E-state index is 13.1. The maximum Gasteiger partial charge on any atom is 0.316 e. The van der Waals surface area contributed by atoms with E-state index in [4.69, 9.17) is 4.74 Å². The Kier molecular flexibility index (Phi) is 6.26. The third-order valence-electron chi connectivity index (χ3n) is 9.74. The van der Waals surface area contributed by atoms with Crippen LogP contribution >= 0.6 is 0 Å². The summed E-state index contributed by atoms with van der Waals surface area (Å²) in [4.78, 5) is 24.2. The smallest absolute Gasteiger partial charge is 0.316 e. The summed E-state index contributed by atoms with van der Waals surface area (Å²) in [7, 11) is 1.39. The number of allylic oxidation sites excluding steroid dienone is 2. The molecule has 0 amide bonds. The van der Waals surface area contributed by atoms with E-state index in [0.717, 1.165) is 74.4 Å². The molecule has 0 saturated carbocycles. The zero-order valence-corrected chi connectivity index (χ0v) is 24.7. The average Bonchev–Trinajstić information content (AvgIpc) is 3.66. The van der Waals surface area contributed by atoms with Crippen LogP contribution in [0.5, 0.6) is 0 Å². The highest BCUT2D eigenvalue weighted by molar-refractivity contribution is 5.95. The highest BCUT2D eigenvalue weighted by Gasteiger charge is 2.47. The second-order valence-corrected chi connectivity index (χ2v) is 11.6. The third-order valence-corrected chi connectivity index (χ3v) is 9.74. The quantitative estimate of drug-likeness (QED) is 0.322. The minimum absolute atomic E-state index is 0.116. The van der Waals surface area contributed by atoms with Crippen LogP contribution in [0, 0.1) is 38.5 Å². The Labute approximate surface area is 235 Å². The molecular weight excluding hydrogens is 500 g/mol. The van der Waals surface area contributed by atoms with E-state index in [0.29, 0.717) is 0 Å². The first-order chi connectivity index (χ1) is 19.1. The van der Waals surface area contributed by atoms with Crippen molar-refractivity contribution in [2.24, 2.45) is 17.8 Å². The number of ether oxygens (including phenoxy) is 1. The SMILES string of the molecule is CCc1c2[nH]c(c1C)/C=C1\N/C(=C3\c4[nH]c(c(C)c4[C@@H](O)[C@@H]3C(=O)OC)/C=c3\[nH]/c(c(C)c3CC)=C\2)[C@@H](C)[C@@H]1C. The molecule has 8 bridgehead atoms. The molecule has 1 saturated heterocycles. The van der Waals surface area contributed by atoms with Crippen LogP contribution in [0.1, 0.15) is 90.0 Å². The van der Waals surface area contributed by atoms with Crippen LogP contribution in [0.25, 0.3) is 23.8 Å². The molecule has 0 radical (unpaired) electrons. The van der Waals surface area contributed by atoms with E-state index < -0.39 is 18.0 Å². The Balaban J connectivity index is 1.73. The first-order valence-electron chi connectivity index (χ1n) is 14.4. The zero-order valence-electron chi connectivity index (χ0n) is 24.7. The summed E-state index contributed by atoms with van der Waals surface area (Å²) in [5.41, 5.74) is 13.6. The van der Waals surface area contributed by atoms with E-state index in [1.54, 1.807) is 0 Å². The lowest BCUT2D eigenvalue weighted by atomic mass is 9.89. The summed E-state index contributed by atoms with van der Waals surface area (Å²) >= 11 is 0. The average molecular weight is 541 g/mol. The van der Waals surface area contributed by atoms with E-state index in [1.165, 1.54) is 29.4 Å². The van der Waals surface area contributed by atoms with Gasteiger partial charge in [0.25, 0.3) is 0 Å². The molecule has 1 aliphatic carbocycles. The lowest BCUT2D eigenvalue weighted by Crippen LogP contribution is -2.23. The second kappa shape index (κ2) is 9.44. The minimum Gasteiger partial charge on any atom is -0.468 e. The number of aromatic amines is 3.